The Morgan fingerprint density at radius 2 is 1.77 bits per heavy atom. The normalized spacial score (nSPS) is 20.5. The van der Waals surface area contributed by atoms with Crippen molar-refractivity contribution < 1.29 is 22.4 Å². The van der Waals surface area contributed by atoms with Crippen molar-refractivity contribution in [3.05, 3.63) is 69.0 Å². The van der Waals surface area contributed by atoms with Gasteiger partial charge in [0.1, 0.15) is 5.82 Å². The minimum atomic E-state index is -4.76. The smallest absolute Gasteiger partial charge is 0.322 e. The number of nitrogens with zero attached hydrogens (tertiary/aromatic N) is 5. The predicted molar refractivity (Wildman–Crippen MR) is 141 cm³/mol. The second-order valence-electron chi connectivity index (χ2n) is 10.00. The van der Waals surface area contributed by atoms with Gasteiger partial charge in [-0.05, 0) is 42.4 Å². The number of urea groups is 1. The second kappa shape index (κ2) is 12.3. The number of rotatable bonds is 6. The number of halogens is 6. The lowest BCUT2D eigenvalue weighted by Crippen LogP contribution is -2.52. The molecule has 0 N–H and O–H groups in total. The van der Waals surface area contributed by atoms with Gasteiger partial charge in [0.15, 0.2) is 0 Å². The van der Waals surface area contributed by atoms with Crippen LogP contribution in [0.1, 0.15) is 29.0 Å². The third-order valence-corrected chi connectivity index (χ3v) is 8.19. The summed E-state index contributed by atoms with van der Waals surface area (Å²) in [5, 5.41) is 9.62. The van der Waals surface area contributed by atoms with Crippen molar-refractivity contribution >= 4 is 29.2 Å². The number of carbonyl (C=O) groups is 1. The topological polar surface area (TPSA) is 53.8 Å². The molecule has 2 aromatic rings. The van der Waals surface area contributed by atoms with Gasteiger partial charge in [0.25, 0.3) is 0 Å². The number of amides is 2. The van der Waals surface area contributed by atoms with Gasteiger partial charge in [-0.1, -0.05) is 35.3 Å². The number of carbonyl (C=O) groups excluding carboxylic acids is 1. The van der Waals surface area contributed by atoms with Gasteiger partial charge in [0, 0.05) is 70.7 Å². The van der Waals surface area contributed by atoms with E-state index < -0.39 is 17.6 Å². The molecule has 0 spiro atoms. The summed E-state index contributed by atoms with van der Waals surface area (Å²) in [4.78, 5) is 21.2. The Hall–Kier alpha value is -2.58. The van der Waals surface area contributed by atoms with Gasteiger partial charge in [0.2, 0.25) is 0 Å². The van der Waals surface area contributed by atoms with Crippen LogP contribution in [0, 0.1) is 17.1 Å². The van der Waals surface area contributed by atoms with Gasteiger partial charge in [-0.3, -0.25) is 9.80 Å². The molecule has 0 aromatic heterocycles. The number of piperazine rings is 1. The van der Waals surface area contributed by atoms with Crippen LogP contribution in [0.25, 0.3) is 0 Å². The lowest BCUT2D eigenvalue weighted by molar-refractivity contribution is -0.140. The van der Waals surface area contributed by atoms with Crippen LogP contribution in [-0.2, 0) is 12.7 Å². The van der Waals surface area contributed by atoms with Crippen molar-refractivity contribution in [3.8, 4) is 6.07 Å². The van der Waals surface area contributed by atoms with E-state index in [0.717, 1.165) is 17.7 Å². The molecule has 2 aromatic carbocycles. The summed E-state index contributed by atoms with van der Waals surface area (Å²) in [6, 6.07) is 10.1. The molecule has 0 saturated carbocycles. The summed E-state index contributed by atoms with van der Waals surface area (Å²) in [5.41, 5.74) is -0.0152. The molecule has 0 aliphatic carbocycles. The van der Waals surface area contributed by atoms with E-state index in [1.165, 1.54) is 6.07 Å². The maximum Gasteiger partial charge on any atom is 0.419 e. The monoisotopic (exact) mass is 585 g/mol. The van der Waals surface area contributed by atoms with Gasteiger partial charge >= 0.3 is 12.2 Å². The van der Waals surface area contributed by atoms with Crippen LogP contribution in [0.3, 0.4) is 0 Å². The van der Waals surface area contributed by atoms with E-state index in [-0.39, 0.29) is 24.5 Å². The molecule has 12 heteroatoms. The molecular formula is C27H29Cl2F4N5O. The van der Waals surface area contributed by atoms with Crippen molar-refractivity contribution in [1.82, 2.24) is 19.6 Å². The largest absolute Gasteiger partial charge is 0.419 e. The number of alkyl halides is 3. The highest BCUT2D eigenvalue weighted by atomic mass is 35.5. The van der Waals surface area contributed by atoms with Crippen LogP contribution in [0.15, 0.2) is 36.4 Å². The van der Waals surface area contributed by atoms with Crippen molar-refractivity contribution in [1.29, 1.82) is 5.26 Å². The first-order valence-electron chi connectivity index (χ1n) is 12.6. The molecule has 2 atom stereocenters. The Morgan fingerprint density at radius 1 is 1.05 bits per heavy atom. The molecular weight excluding hydrogens is 557 g/mol. The Kier molecular flexibility index (Phi) is 9.27. The molecule has 2 fully saturated rings. The molecule has 0 radical (unpaired) electrons. The first-order chi connectivity index (χ1) is 18.5. The minimum Gasteiger partial charge on any atom is -0.322 e. The van der Waals surface area contributed by atoms with Crippen molar-refractivity contribution in [3.63, 3.8) is 0 Å². The Balaban J connectivity index is 1.51. The predicted octanol–water partition coefficient (Wildman–Crippen LogP) is 5.70. The van der Waals surface area contributed by atoms with Crippen molar-refractivity contribution in [2.45, 2.75) is 31.1 Å². The van der Waals surface area contributed by atoms with E-state index in [0.29, 0.717) is 67.8 Å². The minimum absolute atomic E-state index is 0.0866. The van der Waals surface area contributed by atoms with Gasteiger partial charge in [-0.2, -0.15) is 18.4 Å². The van der Waals surface area contributed by atoms with Crippen molar-refractivity contribution in [2.24, 2.45) is 0 Å². The first kappa shape index (κ1) is 29.4. The van der Waals surface area contributed by atoms with Crippen LogP contribution >= 0.6 is 23.2 Å². The Morgan fingerprint density at radius 3 is 2.38 bits per heavy atom. The van der Waals surface area contributed by atoms with Gasteiger partial charge in [0.05, 0.1) is 21.7 Å². The molecule has 4 rings (SSSR count). The summed E-state index contributed by atoms with van der Waals surface area (Å²) in [7, 11) is 1.81. The van der Waals surface area contributed by atoms with Crippen molar-refractivity contribution in [2.75, 3.05) is 52.9 Å². The van der Waals surface area contributed by atoms with Gasteiger partial charge in [-0.15, -0.1) is 0 Å². The standard InChI is InChI=1S/C27H29Cl2F4N5O/c1-35(15-18-3-5-21(24(30)13-18)27(31,32)33)25-17-38(16-20(25)19-4-6-22(28)23(29)14-19)26(39)37-11-9-36(10-12-37)8-2-7-34/h3-6,13-14,20,25H,2,8-12,15-17H2,1H3/t20-,25+/m1/s1. The molecule has 39 heavy (non-hydrogen) atoms. The average molecular weight is 586 g/mol. The molecule has 6 nitrogen and oxygen atoms in total. The molecule has 2 aliphatic heterocycles. The van der Waals surface area contributed by atoms with Crippen LogP contribution in [0.5, 0.6) is 0 Å². The summed E-state index contributed by atoms with van der Waals surface area (Å²) in [6.45, 7) is 4.18. The third kappa shape index (κ3) is 6.95. The number of likely N-dealkylation sites (N-methyl/N-ethyl adjacent to an activating group) is 1. The van der Waals surface area contributed by atoms with Crippen LogP contribution in [0.2, 0.25) is 10.0 Å². The van der Waals surface area contributed by atoms with E-state index in [4.69, 9.17) is 28.5 Å². The number of benzene rings is 2. The zero-order chi connectivity index (χ0) is 28.3. The number of nitriles is 1. The fourth-order valence-electron chi connectivity index (χ4n) is 5.32. The fourth-order valence-corrected chi connectivity index (χ4v) is 5.63. The quantitative estimate of drug-likeness (QED) is 0.408. The first-order valence-corrected chi connectivity index (χ1v) is 13.4. The van der Waals surface area contributed by atoms with Crippen LogP contribution in [0.4, 0.5) is 22.4 Å². The molecule has 210 valence electrons. The van der Waals surface area contributed by atoms with Crippen LogP contribution < -0.4 is 0 Å². The lowest BCUT2D eigenvalue weighted by Gasteiger charge is -2.36. The summed E-state index contributed by atoms with van der Waals surface area (Å²) in [6.07, 6.45) is -4.32. The van der Waals surface area contributed by atoms with Gasteiger partial charge < -0.3 is 9.80 Å². The molecule has 0 unspecified atom stereocenters. The zero-order valence-electron chi connectivity index (χ0n) is 21.4. The molecule has 2 amide bonds. The Labute approximate surface area is 235 Å². The van der Waals surface area contributed by atoms with E-state index >= 15 is 0 Å². The summed E-state index contributed by atoms with van der Waals surface area (Å²) < 4.78 is 53.3. The van der Waals surface area contributed by atoms with E-state index in [2.05, 4.69) is 11.0 Å². The number of hydrogen-bond acceptors (Lipinski definition) is 4. The molecule has 0 bridgehead atoms. The maximum absolute atomic E-state index is 14.2. The number of likely N-dealkylation sites (tertiary alicyclic amines) is 1. The highest BCUT2D eigenvalue weighted by Crippen LogP contribution is 2.36. The second-order valence-corrected chi connectivity index (χ2v) is 10.8. The molecule has 2 saturated heterocycles. The Bertz CT molecular complexity index is 1230. The van der Waals surface area contributed by atoms with E-state index in [1.807, 2.05) is 22.9 Å². The molecule has 2 aliphatic rings. The average Bonchev–Trinajstić information content (AvgIpc) is 3.34. The zero-order valence-corrected chi connectivity index (χ0v) is 22.9. The number of hydrogen-bond donors (Lipinski definition) is 0. The highest BCUT2D eigenvalue weighted by molar-refractivity contribution is 6.42. The van der Waals surface area contributed by atoms with Gasteiger partial charge in [-0.25, -0.2) is 9.18 Å². The highest BCUT2D eigenvalue weighted by Gasteiger charge is 2.40. The lowest BCUT2D eigenvalue weighted by atomic mass is 9.93. The molecule has 2 heterocycles. The van der Waals surface area contributed by atoms with E-state index in [1.54, 1.807) is 17.0 Å². The third-order valence-electron chi connectivity index (χ3n) is 7.45. The fraction of sp³-hybridized carbons (Fsp3) is 0.481. The SMILES string of the molecule is CN(Cc1ccc(C(F)(F)F)c(F)c1)[C@H]1CN(C(=O)N2CCN(CCC#N)CC2)C[C@@H]1c1ccc(Cl)c(Cl)c1. The van der Waals surface area contributed by atoms with Crippen LogP contribution in [-0.4, -0.2) is 84.5 Å². The van der Waals surface area contributed by atoms with E-state index in [9.17, 15) is 22.4 Å². The summed E-state index contributed by atoms with van der Waals surface area (Å²) >= 11 is 12.4. The maximum atomic E-state index is 14.2. The summed E-state index contributed by atoms with van der Waals surface area (Å²) in [5.74, 6) is -1.46.